The molecule has 0 atom stereocenters. The molecule has 0 aliphatic rings. The van der Waals surface area contributed by atoms with Crippen LogP contribution in [0.1, 0.15) is 0 Å². The quantitative estimate of drug-likeness (QED) is 0.365. The van der Waals surface area contributed by atoms with Crippen LogP contribution >= 0.6 is 0 Å². The van der Waals surface area contributed by atoms with Gasteiger partial charge in [-0.15, -0.1) is 0 Å². The Kier molecular flexibility index (Phi) is 6.63. The number of hydrogen-bond donors (Lipinski definition) is 1. The molecule has 0 bridgehead atoms. The van der Waals surface area contributed by atoms with Crippen molar-refractivity contribution in [1.29, 1.82) is 0 Å². The number of ether oxygens (including phenoxy) is 3. The van der Waals surface area contributed by atoms with Gasteiger partial charge in [0.1, 0.15) is 5.75 Å². The number of sulfonamides is 1. The second-order valence-corrected chi connectivity index (χ2v) is 7.89. The van der Waals surface area contributed by atoms with E-state index >= 15 is 0 Å². The van der Waals surface area contributed by atoms with Crippen LogP contribution in [-0.2, 0) is 10.0 Å². The largest absolute Gasteiger partial charge is 0.494 e. The lowest BCUT2D eigenvalue weighted by molar-refractivity contribution is 0.347. The van der Waals surface area contributed by atoms with Crippen molar-refractivity contribution < 1.29 is 49.0 Å². The molecule has 1 N–H and O–H groups in total. The van der Waals surface area contributed by atoms with Crippen LogP contribution in [0.5, 0.6) is 23.0 Å². The summed E-state index contributed by atoms with van der Waals surface area (Å²) in [7, 11) is -2.99. The van der Waals surface area contributed by atoms with Crippen LogP contribution in [0.4, 0.5) is 32.0 Å². The van der Waals surface area contributed by atoms with Crippen molar-refractivity contribution >= 4 is 15.7 Å². The maximum Gasteiger partial charge on any atom is 0.267 e. The van der Waals surface area contributed by atoms with Gasteiger partial charge in [0.05, 0.1) is 19.9 Å². The molecule has 0 fully saturated rings. The zero-order valence-electron chi connectivity index (χ0n) is 16.7. The third-order valence-corrected chi connectivity index (χ3v) is 5.60. The molecule has 3 aromatic rings. The summed E-state index contributed by atoms with van der Waals surface area (Å²) < 4.78 is 126. The van der Waals surface area contributed by atoms with Crippen LogP contribution in [-0.4, -0.2) is 22.6 Å². The Morgan fingerprint density at radius 3 is 1.73 bits per heavy atom. The molecule has 176 valence electrons. The molecular formula is C20H13F6NO5S. The van der Waals surface area contributed by atoms with E-state index in [9.17, 15) is 34.8 Å². The van der Waals surface area contributed by atoms with Crippen LogP contribution in [0.25, 0.3) is 0 Å². The van der Waals surface area contributed by atoms with E-state index in [2.05, 4.69) is 9.47 Å². The third kappa shape index (κ3) is 4.62. The Balaban J connectivity index is 2.02. The Bertz CT molecular complexity index is 1300. The molecule has 0 amide bonds. The summed E-state index contributed by atoms with van der Waals surface area (Å²) >= 11 is 0. The molecule has 0 aliphatic heterocycles. The summed E-state index contributed by atoms with van der Waals surface area (Å²) in [6.07, 6.45) is 0. The van der Waals surface area contributed by atoms with Crippen molar-refractivity contribution in [3.63, 3.8) is 0 Å². The molecule has 0 saturated carbocycles. The van der Waals surface area contributed by atoms with E-state index in [-0.39, 0.29) is 11.5 Å². The van der Waals surface area contributed by atoms with Crippen molar-refractivity contribution in [1.82, 2.24) is 0 Å². The van der Waals surface area contributed by atoms with Crippen LogP contribution in [0.15, 0.2) is 41.3 Å². The Morgan fingerprint density at radius 2 is 1.24 bits per heavy atom. The fourth-order valence-corrected chi connectivity index (χ4v) is 3.87. The molecule has 0 radical (unpaired) electrons. The van der Waals surface area contributed by atoms with Gasteiger partial charge < -0.3 is 14.2 Å². The van der Waals surface area contributed by atoms with Gasteiger partial charge in [0, 0.05) is 12.1 Å². The molecule has 3 aromatic carbocycles. The molecule has 0 aromatic heterocycles. The van der Waals surface area contributed by atoms with Gasteiger partial charge in [0.25, 0.3) is 10.0 Å². The number of anilines is 1. The first kappa shape index (κ1) is 24.0. The van der Waals surface area contributed by atoms with Gasteiger partial charge in [-0.25, -0.2) is 26.0 Å². The molecule has 0 heterocycles. The van der Waals surface area contributed by atoms with E-state index < -0.39 is 67.0 Å². The van der Waals surface area contributed by atoms with Crippen molar-refractivity contribution in [3.05, 3.63) is 71.3 Å². The summed E-state index contributed by atoms with van der Waals surface area (Å²) in [5.41, 5.74) is -0.512. The predicted octanol–water partition coefficient (Wildman–Crippen LogP) is 5.13. The number of methoxy groups -OCH3 is 2. The van der Waals surface area contributed by atoms with Crippen molar-refractivity contribution in [3.8, 4) is 23.0 Å². The molecule has 0 unspecified atom stereocenters. The van der Waals surface area contributed by atoms with Gasteiger partial charge in [-0.2, -0.15) is 8.78 Å². The Hall–Kier alpha value is -3.61. The number of benzene rings is 3. The highest BCUT2D eigenvalue weighted by Gasteiger charge is 2.34. The SMILES string of the molecule is COc1ccc(NS(=O)(=O)c2c(F)c(F)c(Oc3ccc(OC)c(F)c3)c(F)c2F)cc1F. The monoisotopic (exact) mass is 493 g/mol. The minimum atomic E-state index is -5.28. The van der Waals surface area contributed by atoms with E-state index in [1.54, 1.807) is 4.72 Å². The van der Waals surface area contributed by atoms with Crippen LogP contribution in [0, 0.1) is 34.9 Å². The molecule has 33 heavy (non-hydrogen) atoms. The lowest BCUT2D eigenvalue weighted by Gasteiger charge is -2.15. The van der Waals surface area contributed by atoms with Gasteiger partial charge in [0.15, 0.2) is 39.7 Å². The number of halogens is 6. The standard InChI is InChI=1S/C20H13F6NO5S/c1-30-13-5-3-9(7-11(13)21)27-33(28,29)20-17(25)15(23)19(16(24)18(20)26)32-10-4-6-14(31-2)12(22)8-10/h3-8,27H,1-2H3. The Labute approximate surface area is 183 Å². The first-order valence-electron chi connectivity index (χ1n) is 8.73. The first-order valence-corrected chi connectivity index (χ1v) is 10.2. The minimum absolute atomic E-state index is 0.247. The fourth-order valence-electron chi connectivity index (χ4n) is 2.68. The topological polar surface area (TPSA) is 73.9 Å². The van der Waals surface area contributed by atoms with Gasteiger partial charge in [-0.1, -0.05) is 0 Å². The summed E-state index contributed by atoms with van der Waals surface area (Å²) in [5, 5.41) is 0. The van der Waals surface area contributed by atoms with Gasteiger partial charge >= 0.3 is 0 Å². The van der Waals surface area contributed by atoms with E-state index in [1.807, 2.05) is 0 Å². The minimum Gasteiger partial charge on any atom is -0.494 e. The first-order chi connectivity index (χ1) is 15.5. The van der Waals surface area contributed by atoms with E-state index in [0.29, 0.717) is 12.1 Å². The van der Waals surface area contributed by atoms with Crippen LogP contribution in [0.3, 0.4) is 0 Å². The van der Waals surface area contributed by atoms with Gasteiger partial charge in [-0.3, -0.25) is 4.72 Å². The van der Waals surface area contributed by atoms with Crippen molar-refractivity contribution in [2.24, 2.45) is 0 Å². The lowest BCUT2D eigenvalue weighted by Crippen LogP contribution is -2.19. The molecule has 3 rings (SSSR count). The van der Waals surface area contributed by atoms with Gasteiger partial charge in [-0.05, 0) is 24.3 Å². The fraction of sp³-hybridized carbons (Fsp3) is 0.100. The summed E-state index contributed by atoms with van der Waals surface area (Å²) in [6.45, 7) is 0. The summed E-state index contributed by atoms with van der Waals surface area (Å²) in [6, 6.07) is 5.24. The highest BCUT2D eigenvalue weighted by molar-refractivity contribution is 7.92. The third-order valence-electron chi connectivity index (χ3n) is 4.20. The maximum atomic E-state index is 14.5. The molecular weight excluding hydrogens is 480 g/mol. The average molecular weight is 493 g/mol. The molecule has 6 nitrogen and oxygen atoms in total. The van der Waals surface area contributed by atoms with E-state index in [1.165, 1.54) is 0 Å². The molecule has 13 heteroatoms. The van der Waals surface area contributed by atoms with E-state index in [0.717, 1.165) is 38.5 Å². The van der Waals surface area contributed by atoms with Crippen molar-refractivity contribution in [2.75, 3.05) is 18.9 Å². The Morgan fingerprint density at radius 1 is 0.727 bits per heavy atom. The second-order valence-electron chi connectivity index (χ2n) is 6.27. The smallest absolute Gasteiger partial charge is 0.267 e. The summed E-state index contributed by atoms with van der Waals surface area (Å²) in [5.74, 6) is -13.8. The molecule has 0 aliphatic carbocycles. The van der Waals surface area contributed by atoms with Crippen LogP contribution < -0.4 is 18.9 Å². The zero-order chi connectivity index (χ0) is 24.5. The maximum absolute atomic E-state index is 14.5. The lowest BCUT2D eigenvalue weighted by atomic mass is 10.2. The van der Waals surface area contributed by atoms with Crippen molar-refractivity contribution in [2.45, 2.75) is 4.90 Å². The molecule has 0 saturated heterocycles. The predicted molar refractivity (Wildman–Crippen MR) is 103 cm³/mol. The zero-order valence-corrected chi connectivity index (χ0v) is 17.5. The van der Waals surface area contributed by atoms with Gasteiger partial charge in [0.2, 0.25) is 17.4 Å². The highest BCUT2D eigenvalue weighted by atomic mass is 32.2. The summed E-state index contributed by atoms with van der Waals surface area (Å²) in [4.78, 5) is -2.01. The number of hydrogen-bond acceptors (Lipinski definition) is 5. The van der Waals surface area contributed by atoms with E-state index in [4.69, 9.17) is 4.74 Å². The molecule has 0 spiro atoms. The van der Waals surface area contributed by atoms with Crippen LogP contribution in [0.2, 0.25) is 0 Å². The highest BCUT2D eigenvalue weighted by Crippen LogP contribution is 2.36. The number of rotatable bonds is 7. The second kappa shape index (κ2) is 9.10. The normalized spacial score (nSPS) is 11.3. The average Bonchev–Trinajstić information content (AvgIpc) is 2.75. The number of nitrogens with one attached hydrogen (secondary N) is 1.